The van der Waals surface area contributed by atoms with E-state index in [0.29, 0.717) is 33.8 Å². The molecule has 2 N–H and O–H groups in total. The molecule has 1 heterocycles. The average Bonchev–Trinajstić information content (AvgIpc) is 2.96. The van der Waals surface area contributed by atoms with Gasteiger partial charge in [0.2, 0.25) is 15.8 Å². The first-order chi connectivity index (χ1) is 13.9. The number of carbonyl (C=O) groups is 2. The number of hydrogen-bond donors (Lipinski definition) is 2. The van der Waals surface area contributed by atoms with Crippen LogP contribution in [-0.4, -0.2) is 56.2 Å². The molecule has 164 valence electrons. The summed E-state index contributed by atoms with van der Waals surface area (Å²) in [7, 11) is -0.670. The van der Waals surface area contributed by atoms with Crippen molar-refractivity contribution >= 4 is 27.5 Å². The molecular formula is C21H29N3O5S. The van der Waals surface area contributed by atoms with E-state index in [2.05, 4.69) is 10.3 Å². The Morgan fingerprint density at radius 3 is 2.40 bits per heavy atom. The number of carbonyl (C=O) groups excluding carboxylic acids is 2. The number of hydrogen-bond acceptors (Lipinski definition) is 6. The van der Waals surface area contributed by atoms with Gasteiger partial charge in [0.25, 0.3) is 0 Å². The Balaban J connectivity index is 2.32. The predicted octanol–water partition coefficient (Wildman–Crippen LogP) is 3.05. The van der Waals surface area contributed by atoms with Crippen molar-refractivity contribution in [3.8, 4) is 0 Å². The van der Waals surface area contributed by atoms with Crippen LogP contribution < -0.4 is 5.32 Å². The third kappa shape index (κ3) is 4.57. The monoisotopic (exact) mass is 435 g/mol. The van der Waals surface area contributed by atoms with Crippen molar-refractivity contribution in [2.24, 2.45) is 0 Å². The number of benzene rings is 1. The summed E-state index contributed by atoms with van der Waals surface area (Å²) in [5, 5.41) is 3.06. The van der Waals surface area contributed by atoms with Crippen molar-refractivity contribution in [3.05, 3.63) is 46.3 Å². The van der Waals surface area contributed by atoms with Gasteiger partial charge in [-0.1, -0.05) is 6.07 Å². The van der Waals surface area contributed by atoms with E-state index in [1.54, 1.807) is 46.8 Å². The van der Waals surface area contributed by atoms with Crippen molar-refractivity contribution in [2.75, 3.05) is 26.0 Å². The van der Waals surface area contributed by atoms with Gasteiger partial charge in [-0.05, 0) is 57.9 Å². The highest BCUT2D eigenvalue weighted by Gasteiger charge is 2.26. The minimum absolute atomic E-state index is 0.175. The van der Waals surface area contributed by atoms with Crippen LogP contribution in [-0.2, 0) is 14.8 Å². The number of ether oxygens (including phenoxy) is 1. The number of H-pyrrole nitrogens is 1. The highest BCUT2D eigenvalue weighted by atomic mass is 32.2. The number of nitrogens with zero attached hydrogens (tertiary/aromatic N) is 1. The summed E-state index contributed by atoms with van der Waals surface area (Å²) < 4.78 is 31.3. The molecule has 2 rings (SSSR count). The number of anilines is 1. The van der Waals surface area contributed by atoms with Gasteiger partial charge in [0, 0.05) is 25.5 Å². The highest BCUT2D eigenvalue weighted by molar-refractivity contribution is 7.89. The number of rotatable bonds is 8. The molecule has 1 aromatic heterocycles. The lowest BCUT2D eigenvalue weighted by Gasteiger charge is -2.18. The molecular weight excluding hydrogens is 406 g/mol. The third-order valence-electron chi connectivity index (χ3n) is 4.89. The van der Waals surface area contributed by atoms with Gasteiger partial charge in [0.1, 0.15) is 0 Å². The lowest BCUT2D eigenvalue weighted by atomic mass is 10.0. The molecule has 0 aliphatic carbocycles. The molecule has 30 heavy (non-hydrogen) atoms. The molecule has 9 heteroatoms. The maximum Gasteiger partial charge on any atom is 0.340 e. The average molecular weight is 436 g/mol. The number of aromatic nitrogens is 1. The molecule has 0 saturated carbocycles. The summed E-state index contributed by atoms with van der Waals surface area (Å²) >= 11 is 0. The van der Waals surface area contributed by atoms with Crippen molar-refractivity contribution < 1.29 is 22.7 Å². The van der Waals surface area contributed by atoms with E-state index in [1.165, 1.54) is 20.2 Å². The van der Waals surface area contributed by atoms with Crippen LogP contribution in [0, 0.1) is 20.8 Å². The van der Waals surface area contributed by atoms with Crippen LogP contribution in [0.25, 0.3) is 0 Å². The quantitative estimate of drug-likeness (QED) is 0.487. The standard InChI is InChI=1S/C21H29N3O5S/c1-8-29-21(26)18-13(3)19(23-14(18)4)20(25)15(5)22-16-10-9-12(2)17(11-16)30(27,28)24(6)7/h9-11,15,22-23H,8H2,1-7H3/t15-/m1/s1. The number of ketones is 1. The second-order valence-corrected chi connectivity index (χ2v) is 9.46. The molecule has 0 amide bonds. The van der Waals surface area contributed by atoms with Gasteiger partial charge >= 0.3 is 5.97 Å². The molecule has 0 saturated heterocycles. The maximum atomic E-state index is 13.0. The van der Waals surface area contributed by atoms with Gasteiger partial charge in [-0.2, -0.15) is 0 Å². The summed E-state index contributed by atoms with van der Waals surface area (Å²) in [5.41, 5.74) is 2.91. The first-order valence-corrected chi connectivity index (χ1v) is 11.1. The summed E-state index contributed by atoms with van der Waals surface area (Å²) in [5.74, 6) is -0.718. The van der Waals surface area contributed by atoms with Crippen LogP contribution in [0.3, 0.4) is 0 Å². The van der Waals surface area contributed by atoms with E-state index in [1.807, 2.05) is 0 Å². The van der Waals surface area contributed by atoms with Crippen LogP contribution in [0.15, 0.2) is 23.1 Å². The fraction of sp³-hybridized carbons (Fsp3) is 0.429. The van der Waals surface area contributed by atoms with Crippen LogP contribution in [0.1, 0.15) is 51.5 Å². The van der Waals surface area contributed by atoms with E-state index in [4.69, 9.17) is 4.74 Å². The van der Waals surface area contributed by atoms with Crippen molar-refractivity contribution in [1.82, 2.24) is 9.29 Å². The SMILES string of the molecule is CCOC(=O)c1c(C)[nH]c(C(=O)[C@@H](C)Nc2ccc(C)c(S(=O)(=O)N(C)C)c2)c1C. The minimum atomic E-state index is -3.61. The van der Waals surface area contributed by atoms with Gasteiger partial charge in [0.05, 0.1) is 28.8 Å². The number of esters is 1. The second-order valence-electron chi connectivity index (χ2n) is 7.34. The van der Waals surface area contributed by atoms with Gasteiger partial charge in [-0.15, -0.1) is 0 Å². The van der Waals surface area contributed by atoms with E-state index < -0.39 is 22.0 Å². The van der Waals surface area contributed by atoms with E-state index in [-0.39, 0.29) is 17.3 Å². The zero-order valence-electron chi connectivity index (χ0n) is 18.4. The van der Waals surface area contributed by atoms with Crippen LogP contribution >= 0.6 is 0 Å². The fourth-order valence-corrected chi connectivity index (χ4v) is 4.35. The Bertz CT molecular complexity index is 1070. The Morgan fingerprint density at radius 2 is 1.83 bits per heavy atom. The van der Waals surface area contributed by atoms with E-state index in [0.717, 1.165) is 4.31 Å². The zero-order valence-corrected chi connectivity index (χ0v) is 19.2. The number of aromatic amines is 1. The number of sulfonamides is 1. The molecule has 0 unspecified atom stereocenters. The molecule has 0 aliphatic heterocycles. The summed E-state index contributed by atoms with van der Waals surface area (Å²) in [6.45, 7) is 8.78. The number of Topliss-reactive ketones (excluding diaryl/α,β-unsaturated/α-hetero) is 1. The number of aryl methyl sites for hydroxylation is 2. The van der Waals surface area contributed by atoms with Crippen LogP contribution in [0.4, 0.5) is 5.69 Å². The Kier molecular flexibility index (Phi) is 7.10. The molecule has 0 bridgehead atoms. The first kappa shape index (κ1) is 23.6. The lowest BCUT2D eigenvalue weighted by Crippen LogP contribution is -2.28. The Labute approximate surface area is 177 Å². The largest absolute Gasteiger partial charge is 0.462 e. The first-order valence-electron chi connectivity index (χ1n) is 9.62. The fourth-order valence-electron chi connectivity index (χ4n) is 3.20. The van der Waals surface area contributed by atoms with E-state index in [9.17, 15) is 18.0 Å². The smallest absolute Gasteiger partial charge is 0.340 e. The molecule has 2 aromatic rings. The molecule has 1 aromatic carbocycles. The minimum Gasteiger partial charge on any atom is -0.462 e. The van der Waals surface area contributed by atoms with Crippen molar-refractivity contribution in [2.45, 2.75) is 45.6 Å². The second kappa shape index (κ2) is 9.01. The van der Waals surface area contributed by atoms with Gasteiger partial charge < -0.3 is 15.0 Å². The van der Waals surface area contributed by atoms with Gasteiger partial charge in [-0.3, -0.25) is 4.79 Å². The Hall–Kier alpha value is -2.65. The molecule has 0 radical (unpaired) electrons. The topological polar surface area (TPSA) is 109 Å². The summed E-state index contributed by atoms with van der Waals surface area (Å²) in [6, 6.07) is 4.28. The molecule has 8 nitrogen and oxygen atoms in total. The van der Waals surface area contributed by atoms with E-state index >= 15 is 0 Å². The van der Waals surface area contributed by atoms with Gasteiger partial charge in [0.15, 0.2) is 0 Å². The molecule has 0 spiro atoms. The van der Waals surface area contributed by atoms with Crippen LogP contribution in [0.2, 0.25) is 0 Å². The molecule has 0 fully saturated rings. The van der Waals surface area contributed by atoms with Crippen molar-refractivity contribution in [3.63, 3.8) is 0 Å². The molecule has 0 aliphatic rings. The summed E-state index contributed by atoms with van der Waals surface area (Å²) in [6.07, 6.45) is 0. The highest BCUT2D eigenvalue weighted by Crippen LogP contribution is 2.24. The normalized spacial score (nSPS) is 12.7. The predicted molar refractivity (Wildman–Crippen MR) is 116 cm³/mol. The lowest BCUT2D eigenvalue weighted by molar-refractivity contribution is 0.0525. The maximum absolute atomic E-state index is 13.0. The van der Waals surface area contributed by atoms with Crippen LogP contribution in [0.5, 0.6) is 0 Å². The zero-order chi connectivity index (χ0) is 22.8. The molecule has 1 atom stereocenters. The summed E-state index contributed by atoms with van der Waals surface area (Å²) in [4.78, 5) is 28.3. The van der Waals surface area contributed by atoms with Crippen molar-refractivity contribution in [1.29, 1.82) is 0 Å². The Morgan fingerprint density at radius 1 is 1.20 bits per heavy atom. The third-order valence-corrected chi connectivity index (χ3v) is 6.84. The van der Waals surface area contributed by atoms with Gasteiger partial charge in [-0.25, -0.2) is 17.5 Å². The number of nitrogens with one attached hydrogen (secondary N) is 2.